The first-order valence-corrected chi connectivity index (χ1v) is 5.63. The van der Waals surface area contributed by atoms with Gasteiger partial charge in [-0.1, -0.05) is 19.6 Å². The molecule has 0 spiro atoms. The van der Waals surface area contributed by atoms with Crippen molar-refractivity contribution < 1.29 is 9.47 Å². The summed E-state index contributed by atoms with van der Waals surface area (Å²) >= 11 is 0. The van der Waals surface area contributed by atoms with E-state index < -0.39 is 0 Å². The quantitative estimate of drug-likeness (QED) is 0.490. The van der Waals surface area contributed by atoms with Crippen molar-refractivity contribution in [3.05, 3.63) is 25.3 Å². The van der Waals surface area contributed by atoms with Crippen LogP contribution >= 0.6 is 0 Å². The molecule has 0 N–H and O–H groups in total. The van der Waals surface area contributed by atoms with Crippen molar-refractivity contribution in [1.82, 2.24) is 0 Å². The van der Waals surface area contributed by atoms with Gasteiger partial charge in [-0.2, -0.15) is 0 Å². The number of allylic oxidation sites excluding steroid dienone is 2. The molecule has 1 aliphatic carbocycles. The average Bonchev–Trinajstić information content (AvgIpc) is 2.67. The van der Waals surface area contributed by atoms with Crippen LogP contribution in [0.4, 0.5) is 0 Å². The minimum atomic E-state index is 0. The standard InChI is InChI=1S/C13H22O2.CH4/c1-4-11-8-12(5-2)13(9-11)10-15-7-6-14-3;/h4-5,11-13H,1-2,6-10H2,3H3;1H4. The SMILES string of the molecule is C.C=CC1CC(C=C)C(COCCOC)C1. The maximum absolute atomic E-state index is 5.58. The zero-order valence-electron chi connectivity index (χ0n) is 9.65. The van der Waals surface area contributed by atoms with Gasteiger partial charge in [0.25, 0.3) is 0 Å². The van der Waals surface area contributed by atoms with Gasteiger partial charge in [0.15, 0.2) is 0 Å². The summed E-state index contributed by atoms with van der Waals surface area (Å²) in [5.74, 6) is 1.85. The lowest BCUT2D eigenvalue weighted by molar-refractivity contribution is 0.0471. The van der Waals surface area contributed by atoms with Crippen molar-refractivity contribution in [1.29, 1.82) is 0 Å². The van der Waals surface area contributed by atoms with Crippen molar-refractivity contribution in [2.24, 2.45) is 17.8 Å². The van der Waals surface area contributed by atoms with Gasteiger partial charge in [-0.3, -0.25) is 0 Å². The zero-order valence-corrected chi connectivity index (χ0v) is 9.65. The summed E-state index contributed by atoms with van der Waals surface area (Å²) in [4.78, 5) is 0. The molecule has 0 amide bonds. The number of methoxy groups -OCH3 is 1. The Balaban J connectivity index is 0.00000225. The van der Waals surface area contributed by atoms with Gasteiger partial charge in [-0.05, 0) is 30.6 Å². The highest BCUT2D eigenvalue weighted by Crippen LogP contribution is 2.37. The molecule has 0 aromatic carbocycles. The lowest BCUT2D eigenvalue weighted by atomic mass is 9.97. The molecule has 1 fully saturated rings. The molecule has 1 rings (SSSR count). The number of ether oxygens (including phenoxy) is 2. The highest BCUT2D eigenvalue weighted by atomic mass is 16.5. The minimum Gasteiger partial charge on any atom is -0.382 e. The second-order valence-corrected chi connectivity index (χ2v) is 4.19. The maximum atomic E-state index is 5.58. The van der Waals surface area contributed by atoms with Crippen LogP contribution in [0.3, 0.4) is 0 Å². The summed E-state index contributed by atoms with van der Waals surface area (Å²) in [6.07, 6.45) is 6.50. The molecule has 1 saturated carbocycles. The van der Waals surface area contributed by atoms with Crippen LogP contribution in [-0.4, -0.2) is 26.9 Å². The fourth-order valence-electron chi connectivity index (χ4n) is 2.25. The highest BCUT2D eigenvalue weighted by molar-refractivity contribution is 4.97. The van der Waals surface area contributed by atoms with E-state index in [0.29, 0.717) is 31.0 Å². The van der Waals surface area contributed by atoms with E-state index >= 15 is 0 Å². The van der Waals surface area contributed by atoms with Crippen molar-refractivity contribution >= 4 is 0 Å². The summed E-state index contributed by atoms with van der Waals surface area (Å²) in [5, 5.41) is 0. The molecular weight excluding hydrogens is 200 g/mol. The fraction of sp³-hybridized carbons (Fsp3) is 0.714. The van der Waals surface area contributed by atoms with Gasteiger partial charge >= 0.3 is 0 Å². The third-order valence-electron chi connectivity index (χ3n) is 3.19. The van der Waals surface area contributed by atoms with Gasteiger partial charge in [-0.25, -0.2) is 0 Å². The Hall–Kier alpha value is -0.600. The van der Waals surface area contributed by atoms with Gasteiger partial charge in [0.05, 0.1) is 19.8 Å². The summed E-state index contributed by atoms with van der Waals surface area (Å²) in [5.41, 5.74) is 0. The summed E-state index contributed by atoms with van der Waals surface area (Å²) in [7, 11) is 1.69. The van der Waals surface area contributed by atoms with Crippen LogP contribution in [0.5, 0.6) is 0 Å². The largest absolute Gasteiger partial charge is 0.382 e. The van der Waals surface area contributed by atoms with Gasteiger partial charge in [0.1, 0.15) is 0 Å². The topological polar surface area (TPSA) is 18.5 Å². The Morgan fingerprint density at radius 2 is 1.94 bits per heavy atom. The van der Waals surface area contributed by atoms with Crippen LogP contribution in [0, 0.1) is 17.8 Å². The first-order valence-electron chi connectivity index (χ1n) is 5.63. The Kier molecular flexibility index (Phi) is 8.22. The minimum absolute atomic E-state index is 0. The Morgan fingerprint density at radius 1 is 1.19 bits per heavy atom. The Labute approximate surface area is 100 Å². The summed E-state index contributed by atoms with van der Waals surface area (Å²) < 4.78 is 10.5. The third-order valence-corrected chi connectivity index (χ3v) is 3.19. The lowest BCUT2D eigenvalue weighted by Crippen LogP contribution is -2.15. The molecule has 0 bridgehead atoms. The smallest absolute Gasteiger partial charge is 0.0700 e. The van der Waals surface area contributed by atoms with Crippen LogP contribution in [-0.2, 0) is 9.47 Å². The van der Waals surface area contributed by atoms with Crippen molar-refractivity contribution in [3.63, 3.8) is 0 Å². The van der Waals surface area contributed by atoms with E-state index in [-0.39, 0.29) is 7.43 Å². The molecule has 2 heteroatoms. The van der Waals surface area contributed by atoms with E-state index in [9.17, 15) is 0 Å². The highest BCUT2D eigenvalue weighted by Gasteiger charge is 2.30. The Bertz CT molecular complexity index is 201. The zero-order chi connectivity index (χ0) is 11.1. The summed E-state index contributed by atoms with van der Waals surface area (Å²) in [6, 6.07) is 0. The van der Waals surface area contributed by atoms with Crippen molar-refractivity contribution in [2.45, 2.75) is 20.3 Å². The normalized spacial score (nSPS) is 28.4. The van der Waals surface area contributed by atoms with E-state index in [0.717, 1.165) is 6.61 Å². The fourth-order valence-corrected chi connectivity index (χ4v) is 2.25. The molecule has 3 atom stereocenters. The van der Waals surface area contributed by atoms with Crippen molar-refractivity contribution in [2.75, 3.05) is 26.9 Å². The Morgan fingerprint density at radius 3 is 2.50 bits per heavy atom. The van der Waals surface area contributed by atoms with Crippen LogP contribution < -0.4 is 0 Å². The maximum Gasteiger partial charge on any atom is 0.0700 e. The van der Waals surface area contributed by atoms with Crippen LogP contribution in [0.1, 0.15) is 20.3 Å². The molecule has 0 aliphatic heterocycles. The molecule has 16 heavy (non-hydrogen) atoms. The van der Waals surface area contributed by atoms with Crippen LogP contribution in [0.2, 0.25) is 0 Å². The molecule has 0 aromatic rings. The van der Waals surface area contributed by atoms with Gasteiger partial charge in [-0.15, -0.1) is 13.2 Å². The first-order chi connectivity index (χ1) is 7.31. The molecule has 0 aromatic heterocycles. The van der Waals surface area contributed by atoms with E-state index in [4.69, 9.17) is 9.47 Å². The summed E-state index contributed by atoms with van der Waals surface area (Å²) in [6.45, 7) is 9.94. The molecule has 0 heterocycles. The van der Waals surface area contributed by atoms with Gasteiger partial charge in [0, 0.05) is 7.11 Å². The van der Waals surface area contributed by atoms with E-state index in [1.807, 2.05) is 0 Å². The van der Waals surface area contributed by atoms with Crippen LogP contribution in [0.15, 0.2) is 25.3 Å². The number of rotatable bonds is 7. The lowest BCUT2D eigenvalue weighted by Gasteiger charge is -2.15. The average molecular weight is 226 g/mol. The second-order valence-electron chi connectivity index (χ2n) is 4.19. The van der Waals surface area contributed by atoms with Crippen LogP contribution in [0.25, 0.3) is 0 Å². The second kappa shape index (κ2) is 8.54. The molecule has 3 unspecified atom stereocenters. The molecule has 94 valence electrons. The monoisotopic (exact) mass is 226 g/mol. The first kappa shape index (κ1) is 15.4. The number of hydrogen-bond acceptors (Lipinski definition) is 2. The molecule has 1 aliphatic rings. The van der Waals surface area contributed by atoms with E-state index in [1.165, 1.54) is 12.8 Å². The van der Waals surface area contributed by atoms with Crippen molar-refractivity contribution in [3.8, 4) is 0 Å². The van der Waals surface area contributed by atoms with Gasteiger partial charge < -0.3 is 9.47 Å². The molecular formula is C14H26O2. The molecule has 0 saturated heterocycles. The molecule has 2 nitrogen and oxygen atoms in total. The molecule has 0 radical (unpaired) electrons. The van der Waals surface area contributed by atoms with E-state index in [1.54, 1.807) is 7.11 Å². The van der Waals surface area contributed by atoms with E-state index in [2.05, 4.69) is 25.3 Å². The number of hydrogen-bond donors (Lipinski definition) is 0. The predicted octanol–water partition coefficient (Wildman–Crippen LogP) is 3.30. The predicted molar refractivity (Wildman–Crippen MR) is 69.5 cm³/mol. The van der Waals surface area contributed by atoms with Gasteiger partial charge in [0.2, 0.25) is 0 Å². The third kappa shape index (κ3) is 4.50.